The van der Waals surface area contributed by atoms with Crippen LogP contribution in [0.2, 0.25) is 0 Å². The van der Waals surface area contributed by atoms with Crippen LogP contribution in [0.25, 0.3) is 0 Å². The fraction of sp³-hybridized carbons (Fsp3) is 0.952. The molecule has 22 heavy (non-hydrogen) atoms. The Labute approximate surface area is 139 Å². The van der Waals surface area contributed by atoms with Crippen molar-refractivity contribution in [3.05, 3.63) is 0 Å². The van der Waals surface area contributed by atoms with Crippen LogP contribution in [0, 0.1) is 11.3 Å². The average molecular weight is 309 g/mol. The average Bonchev–Trinajstić information content (AvgIpc) is 2.47. The zero-order valence-electron chi connectivity index (χ0n) is 15.6. The standard InChI is InChI=1S/C21H40O/c1-4-7-10-13-19-16-20(22)18-21(17-19,14-11-8-5-2)15-12-9-6-3/h19H,4-18H2,1-3H3. The quantitative estimate of drug-likeness (QED) is 0.352. The molecule has 130 valence electrons. The smallest absolute Gasteiger partial charge is 0.133 e. The zero-order chi connectivity index (χ0) is 16.3. The molecule has 0 aromatic heterocycles. The van der Waals surface area contributed by atoms with Crippen molar-refractivity contribution in [3.8, 4) is 0 Å². The highest BCUT2D eigenvalue weighted by Crippen LogP contribution is 2.47. The van der Waals surface area contributed by atoms with Crippen molar-refractivity contribution in [1.82, 2.24) is 0 Å². The minimum absolute atomic E-state index is 0.372. The van der Waals surface area contributed by atoms with Crippen molar-refractivity contribution >= 4 is 5.78 Å². The Balaban J connectivity index is 2.61. The lowest BCUT2D eigenvalue weighted by Gasteiger charge is -2.41. The van der Waals surface area contributed by atoms with E-state index in [4.69, 9.17) is 0 Å². The summed E-state index contributed by atoms with van der Waals surface area (Å²) in [6.07, 6.45) is 18.9. The van der Waals surface area contributed by atoms with Gasteiger partial charge >= 0.3 is 0 Å². The molecule has 0 heterocycles. The minimum Gasteiger partial charge on any atom is -0.300 e. The maximum absolute atomic E-state index is 12.4. The zero-order valence-corrected chi connectivity index (χ0v) is 15.6. The van der Waals surface area contributed by atoms with Gasteiger partial charge in [-0.05, 0) is 30.6 Å². The highest BCUT2D eigenvalue weighted by atomic mass is 16.1. The molecule has 1 heteroatoms. The third-order valence-corrected chi connectivity index (χ3v) is 5.65. The maximum Gasteiger partial charge on any atom is 0.133 e. The molecule has 0 spiro atoms. The summed E-state index contributed by atoms with van der Waals surface area (Å²) >= 11 is 0. The monoisotopic (exact) mass is 308 g/mol. The van der Waals surface area contributed by atoms with E-state index in [1.54, 1.807) is 0 Å². The van der Waals surface area contributed by atoms with E-state index in [1.165, 1.54) is 83.5 Å². The number of ketones is 1. The van der Waals surface area contributed by atoms with Crippen LogP contribution in [0.5, 0.6) is 0 Å². The van der Waals surface area contributed by atoms with Gasteiger partial charge in [0.15, 0.2) is 0 Å². The van der Waals surface area contributed by atoms with Gasteiger partial charge in [0.1, 0.15) is 5.78 Å². The molecule has 1 unspecified atom stereocenters. The second kappa shape index (κ2) is 11.2. The van der Waals surface area contributed by atoms with Crippen molar-refractivity contribution < 1.29 is 4.79 Å². The topological polar surface area (TPSA) is 17.1 Å². The lowest BCUT2D eigenvalue weighted by Crippen LogP contribution is -2.34. The molecule has 0 aromatic carbocycles. The number of hydrogen-bond acceptors (Lipinski definition) is 1. The van der Waals surface area contributed by atoms with Gasteiger partial charge in [0, 0.05) is 12.8 Å². The van der Waals surface area contributed by atoms with Crippen LogP contribution in [0.3, 0.4) is 0 Å². The summed E-state index contributed by atoms with van der Waals surface area (Å²) in [5.41, 5.74) is 0.372. The summed E-state index contributed by atoms with van der Waals surface area (Å²) < 4.78 is 0. The highest BCUT2D eigenvalue weighted by molar-refractivity contribution is 5.80. The van der Waals surface area contributed by atoms with Crippen LogP contribution in [0.4, 0.5) is 0 Å². The fourth-order valence-electron chi connectivity index (χ4n) is 4.46. The van der Waals surface area contributed by atoms with E-state index in [9.17, 15) is 4.79 Å². The van der Waals surface area contributed by atoms with Gasteiger partial charge in [-0.2, -0.15) is 0 Å². The Morgan fingerprint density at radius 2 is 1.41 bits per heavy atom. The van der Waals surface area contributed by atoms with Gasteiger partial charge in [0.25, 0.3) is 0 Å². The van der Waals surface area contributed by atoms with Crippen molar-refractivity contribution in [3.63, 3.8) is 0 Å². The van der Waals surface area contributed by atoms with Gasteiger partial charge in [-0.3, -0.25) is 4.79 Å². The molecular formula is C21H40O. The summed E-state index contributed by atoms with van der Waals surface area (Å²) in [5.74, 6) is 1.26. The second-order valence-electron chi connectivity index (χ2n) is 7.90. The number of hydrogen-bond donors (Lipinski definition) is 0. The molecule has 1 saturated carbocycles. The summed E-state index contributed by atoms with van der Waals surface area (Å²) in [6.45, 7) is 6.83. The molecule has 0 aliphatic heterocycles. The third-order valence-electron chi connectivity index (χ3n) is 5.65. The van der Waals surface area contributed by atoms with Gasteiger partial charge in [-0.15, -0.1) is 0 Å². The van der Waals surface area contributed by atoms with Crippen LogP contribution in [0.15, 0.2) is 0 Å². The molecule has 1 nitrogen and oxygen atoms in total. The molecular weight excluding hydrogens is 268 g/mol. The lowest BCUT2D eigenvalue weighted by molar-refractivity contribution is -0.126. The first kappa shape index (κ1) is 19.7. The Hall–Kier alpha value is -0.330. The van der Waals surface area contributed by atoms with Crippen molar-refractivity contribution in [2.24, 2.45) is 11.3 Å². The largest absolute Gasteiger partial charge is 0.300 e. The number of rotatable bonds is 12. The van der Waals surface area contributed by atoms with Crippen LogP contribution in [-0.2, 0) is 4.79 Å². The Morgan fingerprint density at radius 1 is 0.864 bits per heavy atom. The summed E-state index contributed by atoms with van der Waals surface area (Å²) in [6, 6.07) is 0. The van der Waals surface area contributed by atoms with Gasteiger partial charge < -0.3 is 0 Å². The molecule has 1 atom stereocenters. The SMILES string of the molecule is CCCCCC1CC(=O)CC(CCCCC)(CCCCC)C1. The molecule has 0 aromatic rings. The second-order valence-corrected chi connectivity index (χ2v) is 7.90. The first-order valence-electron chi connectivity index (χ1n) is 10.2. The molecule has 0 saturated heterocycles. The van der Waals surface area contributed by atoms with E-state index in [-0.39, 0.29) is 0 Å². The van der Waals surface area contributed by atoms with E-state index in [2.05, 4.69) is 20.8 Å². The fourth-order valence-corrected chi connectivity index (χ4v) is 4.46. The first-order chi connectivity index (χ1) is 10.7. The Morgan fingerprint density at radius 3 is 1.95 bits per heavy atom. The number of carbonyl (C=O) groups is 1. The Kier molecular flexibility index (Phi) is 10.1. The molecule has 0 radical (unpaired) electrons. The van der Waals surface area contributed by atoms with Gasteiger partial charge in [-0.1, -0.05) is 85.0 Å². The van der Waals surface area contributed by atoms with Gasteiger partial charge in [0.05, 0.1) is 0 Å². The predicted octanol–water partition coefficient (Wildman–Crippen LogP) is 7.08. The van der Waals surface area contributed by atoms with E-state index >= 15 is 0 Å². The number of unbranched alkanes of at least 4 members (excludes halogenated alkanes) is 6. The van der Waals surface area contributed by atoms with Crippen molar-refractivity contribution in [2.75, 3.05) is 0 Å². The van der Waals surface area contributed by atoms with Crippen molar-refractivity contribution in [1.29, 1.82) is 0 Å². The summed E-state index contributed by atoms with van der Waals surface area (Å²) in [4.78, 5) is 12.4. The van der Waals surface area contributed by atoms with Crippen LogP contribution in [0.1, 0.15) is 117 Å². The van der Waals surface area contributed by atoms with Crippen LogP contribution >= 0.6 is 0 Å². The molecule has 0 amide bonds. The third kappa shape index (κ3) is 7.29. The molecule has 1 aliphatic carbocycles. The molecule has 0 N–H and O–H groups in total. The lowest BCUT2D eigenvalue weighted by atomic mass is 9.63. The van der Waals surface area contributed by atoms with Crippen LogP contribution in [-0.4, -0.2) is 5.78 Å². The van der Waals surface area contributed by atoms with E-state index in [0.29, 0.717) is 17.1 Å². The van der Waals surface area contributed by atoms with E-state index in [0.717, 1.165) is 12.8 Å². The number of Topliss-reactive ketones (excluding diaryl/α,β-unsaturated/α-hetero) is 1. The summed E-state index contributed by atoms with van der Waals surface area (Å²) in [7, 11) is 0. The molecule has 1 aliphatic rings. The van der Waals surface area contributed by atoms with Crippen LogP contribution < -0.4 is 0 Å². The highest BCUT2D eigenvalue weighted by Gasteiger charge is 2.38. The minimum atomic E-state index is 0.372. The van der Waals surface area contributed by atoms with Gasteiger partial charge in [-0.25, -0.2) is 0 Å². The summed E-state index contributed by atoms with van der Waals surface area (Å²) in [5, 5.41) is 0. The predicted molar refractivity (Wildman–Crippen MR) is 97.2 cm³/mol. The normalized spacial score (nSPS) is 21.2. The Bertz CT molecular complexity index is 284. The maximum atomic E-state index is 12.4. The van der Waals surface area contributed by atoms with E-state index < -0.39 is 0 Å². The molecule has 1 rings (SSSR count). The molecule has 0 bridgehead atoms. The molecule has 1 fully saturated rings. The van der Waals surface area contributed by atoms with E-state index in [1.807, 2.05) is 0 Å². The number of carbonyl (C=O) groups excluding carboxylic acids is 1. The van der Waals surface area contributed by atoms with Crippen molar-refractivity contribution in [2.45, 2.75) is 117 Å². The first-order valence-corrected chi connectivity index (χ1v) is 10.2. The van der Waals surface area contributed by atoms with Gasteiger partial charge in [0.2, 0.25) is 0 Å².